The zero-order valence-corrected chi connectivity index (χ0v) is 14.7. The maximum absolute atomic E-state index is 11.5. The molecule has 0 aromatic rings. The zero-order valence-electron chi connectivity index (χ0n) is 14.7. The van der Waals surface area contributed by atoms with Gasteiger partial charge in [-0.15, -0.1) is 0 Å². The van der Waals surface area contributed by atoms with Gasteiger partial charge in [0.25, 0.3) is 0 Å². The minimum atomic E-state index is -0.464. The summed E-state index contributed by atoms with van der Waals surface area (Å²) in [6.45, 7) is 12.4. The first-order valence-corrected chi connectivity index (χ1v) is 8.02. The first-order valence-electron chi connectivity index (χ1n) is 8.02. The topological polar surface area (TPSA) is 73.2 Å². The fraction of sp³-hybridized carbons (Fsp3) is 0.938. The lowest BCUT2D eigenvalue weighted by Gasteiger charge is -2.24. The second-order valence-electron chi connectivity index (χ2n) is 7.70. The van der Waals surface area contributed by atoms with Gasteiger partial charge in [-0.25, -0.2) is 4.79 Å². The van der Waals surface area contributed by atoms with Gasteiger partial charge in [0.05, 0.1) is 18.8 Å². The quantitative estimate of drug-likeness (QED) is 0.702. The van der Waals surface area contributed by atoms with E-state index in [0.717, 1.165) is 13.1 Å². The van der Waals surface area contributed by atoms with E-state index in [-0.39, 0.29) is 18.1 Å². The molecule has 0 aliphatic carbocycles. The summed E-state index contributed by atoms with van der Waals surface area (Å²) in [6, 6.07) is 0. The van der Waals surface area contributed by atoms with E-state index < -0.39 is 11.7 Å². The van der Waals surface area contributed by atoms with Crippen molar-refractivity contribution in [3.63, 3.8) is 0 Å². The van der Waals surface area contributed by atoms with E-state index >= 15 is 0 Å². The number of rotatable bonds is 0. The number of aliphatic hydroxyl groups is 2. The molecular formula is C16H32N2O4. The lowest BCUT2D eigenvalue weighted by molar-refractivity contribution is 0.0270. The fourth-order valence-corrected chi connectivity index (χ4v) is 2.61. The van der Waals surface area contributed by atoms with Crippen LogP contribution in [0.2, 0.25) is 0 Å². The molecule has 0 aromatic heterocycles. The van der Waals surface area contributed by atoms with Crippen LogP contribution in [-0.2, 0) is 4.74 Å². The number of hydrogen-bond acceptors (Lipinski definition) is 5. The maximum Gasteiger partial charge on any atom is 0.410 e. The van der Waals surface area contributed by atoms with E-state index in [1.165, 1.54) is 0 Å². The summed E-state index contributed by atoms with van der Waals surface area (Å²) >= 11 is 0. The Morgan fingerprint density at radius 3 is 1.77 bits per heavy atom. The standard InChI is InChI=1S/C10H19NO3.C6H13NO/c1-7-5-11(6-8(7)12)9(13)14-10(2,3)4;1-5-3-7(2)4-6(5)8/h7-8,12H,5-6H2,1-4H3;5-6,8H,3-4H2,1-2H3/t7-,8+;5-,6+/m00/s1. The predicted molar refractivity (Wildman–Crippen MR) is 85.6 cm³/mol. The molecule has 0 aromatic carbocycles. The van der Waals surface area contributed by atoms with Crippen LogP contribution >= 0.6 is 0 Å². The third-order valence-electron chi connectivity index (χ3n) is 3.98. The third kappa shape index (κ3) is 6.10. The second kappa shape index (κ2) is 7.62. The molecule has 2 saturated heterocycles. The highest BCUT2D eigenvalue weighted by Gasteiger charge is 2.33. The van der Waals surface area contributed by atoms with Gasteiger partial charge >= 0.3 is 6.09 Å². The van der Waals surface area contributed by atoms with Gasteiger partial charge in [-0.05, 0) is 33.7 Å². The van der Waals surface area contributed by atoms with Crippen LogP contribution in [0, 0.1) is 11.8 Å². The minimum Gasteiger partial charge on any atom is -0.444 e. The number of likely N-dealkylation sites (N-methyl/N-ethyl adjacent to an activating group) is 1. The molecule has 0 radical (unpaired) electrons. The average molecular weight is 316 g/mol. The number of aliphatic hydroxyl groups excluding tert-OH is 2. The van der Waals surface area contributed by atoms with Crippen molar-refractivity contribution in [2.75, 3.05) is 33.2 Å². The lowest BCUT2D eigenvalue weighted by Crippen LogP contribution is -2.35. The maximum atomic E-state index is 11.5. The van der Waals surface area contributed by atoms with Crippen LogP contribution in [0.3, 0.4) is 0 Å². The van der Waals surface area contributed by atoms with Crippen molar-refractivity contribution in [3.8, 4) is 0 Å². The van der Waals surface area contributed by atoms with Gasteiger partial charge in [0.2, 0.25) is 0 Å². The monoisotopic (exact) mass is 316 g/mol. The first kappa shape index (κ1) is 19.2. The van der Waals surface area contributed by atoms with E-state index in [4.69, 9.17) is 9.84 Å². The molecule has 4 atom stereocenters. The molecule has 1 amide bonds. The molecule has 6 nitrogen and oxygen atoms in total. The number of β-amino-alcohol motifs (C(OH)–C–C–N with tert-alkyl or cyclic N) is 2. The molecule has 2 aliphatic heterocycles. The molecule has 2 aliphatic rings. The molecule has 6 heteroatoms. The van der Waals surface area contributed by atoms with Gasteiger partial charge in [-0.1, -0.05) is 13.8 Å². The van der Waals surface area contributed by atoms with Crippen molar-refractivity contribution >= 4 is 6.09 Å². The van der Waals surface area contributed by atoms with E-state index in [1.54, 1.807) is 4.90 Å². The summed E-state index contributed by atoms with van der Waals surface area (Å²) in [5, 5.41) is 18.6. The summed E-state index contributed by atoms with van der Waals surface area (Å²) in [5.41, 5.74) is -0.464. The zero-order chi connectivity index (χ0) is 17.1. The third-order valence-corrected chi connectivity index (χ3v) is 3.98. The highest BCUT2D eigenvalue weighted by molar-refractivity contribution is 5.68. The summed E-state index contributed by atoms with van der Waals surface area (Å²) in [7, 11) is 2.03. The molecule has 0 spiro atoms. The molecular weight excluding hydrogens is 284 g/mol. The van der Waals surface area contributed by atoms with Crippen molar-refractivity contribution in [1.29, 1.82) is 0 Å². The van der Waals surface area contributed by atoms with Crippen molar-refractivity contribution in [3.05, 3.63) is 0 Å². The fourth-order valence-electron chi connectivity index (χ4n) is 2.61. The Morgan fingerprint density at radius 2 is 1.50 bits per heavy atom. The van der Waals surface area contributed by atoms with E-state index in [2.05, 4.69) is 11.8 Å². The average Bonchev–Trinajstić information content (AvgIpc) is 2.81. The Bertz CT molecular complexity index is 350. The number of likely N-dealkylation sites (tertiary alicyclic amines) is 2. The molecule has 0 bridgehead atoms. The molecule has 22 heavy (non-hydrogen) atoms. The highest BCUT2D eigenvalue weighted by atomic mass is 16.6. The second-order valence-corrected chi connectivity index (χ2v) is 7.70. The van der Waals surface area contributed by atoms with Crippen LogP contribution in [0.4, 0.5) is 4.79 Å². The summed E-state index contributed by atoms with van der Waals surface area (Å²) in [5.74, 6) is 0.613. The van der Waals surface area contributed by atoms with Crippen molar-refractivity contribution in [1.82, 2.24) is 9.80 Å². The Labute approximate surface area is 134 Å². The number of carbonyl (C=O) groups excluding carboxylic acids is 1. The normalized spacial score (nSPS) is 32.6. The molecule has 0 saturated carbocycles. The van der Waals surface area contributed by atoms with E-state index in [9.17, 15) is 9.90 Å². The van der Waals surface area contributed by atoms with Crippen molar-refractivity contribution < 1.29 is 19.7 Å². The highest BCUT2D eigenvalue weighted by Crippen LogP contribution is 2.19. The SMILES string of the molecule is C[C@H]1CN(C(=O)OC(C)(C)C)C[C@H]1O.C[C@H]1CN(C)C[C@H]1O. The van der Waals surface area contributed by atoms with Gasteiger partial charge in [-0.3, -0.25) is 0 Å². The first-order chi connectivity index (χ1) is 9.99. The van der Waals surface area contributed by atoms with Gasteiger partial charge in [0.15, 0.2) is 0 Å². The molecule has 0 unspecified atom stereocenters. The number of nitrogens with zero attached hydrogens (tertiary/aromatic N) is 2. The Balaban J connectivity index is 0.000000255. The predicted octanol–water partition coefficient (Wildman–Crippen LogP) is 1.16. The lowest BCUT2D eigenvalue weighted by atomic mass is 10.1. The van der Waals surface area contributed by atoms with Crippen LogP contribution in [0.15, 0.2) is 0 Å². The van der Waals surface area contributed by atoms with Crippen LogP contribution in [-0.4, -0.2) is 77.1 Å². The number of ether oxygens (including phenoxy) is 1. The minimum absolute atomic E-state index is 0.0833. The summed E-state index contributed by atoms with van der Waals surface area (Å²) in [4.78, 5) is 15.2. The Hall–Kier alpha value is -0.850. The summed E-state index contributed by atoms with van der Waals surface area (Å²) < 4.78 is 5.19. The van der Waals surface area contributed by atoms with Crippen LogP contribution in [0.25, 0.3) is 0 Å². The van der Waals surface area contributed by atoms with E-state index in [1.807, 2.05) is 34.7 Å². The van der Waals surface area contributed by atoms with Crippen molar-refractivity contribution in [2.24, 2.45) is 11.8 Å². The Kier molecular flexibility index (Phi) is 6.65. The number of hydrogen-bond donors (Lipinski definition) is 2. The summed E-state index contributed by atoms with van der Waals surface area (Å²) in [6.07, 6.45) is -0.830. The van der Waals surface area contributed by atoms with Gasteiger partial charge < -0.3 is 24.7 Å². The molecule has 130 valence electrons. The molecule has 2 heterocycles. The van der Waals surface area contributed by atoms with Gasteiger partial charge in [0, 0.05) is 25.6 Å². The smallest absolute Gasteiger partial charge is 0.410 e. The van der Waals surface area contributed by atoms with Crippen LogP contribution in [0.1, 0.15) is 34.6 Å². The number of carbonyl (C=O) groups is 1. The molecule has 2 rings (SSSR count). The molecule has 2 fully saturated rings. The molecule has 2 N–H and O–H groups in total. The van der Waals surface area contributed by atoms with Crippen LogP contribution < -0.4 is 0 Å². The Morgan fingerprint density at radius 1 is 1.00 bits per heavy atom. The van der Waals surface area contributed by atoms with Gasteiger partial charge in [-0.2, -0.15) is 0 Å². The van der Waals surface area contributed by atoms with Crippen LogP contribution in [0.5, 0.6) is 0 Å². The largest absolute Gasteiger partial charge is 0.444 e. The van der Waals surface area contributed by atoms with Crippen molar-refractivity contribution in [2.45, 2.75) is 52.4 Å². The van der Waals surface area contributed by atoms with E-state index in [0.29, 0.717) is 19.0 Å². The van der Waals surface area contributed by atoms with Gasteiger partial charge in [0.1, 0.15) is 5.60 Å². The number of amides is 1.